The fraction of sp³-hybridized carbons (Fsp3) is 0.200. The fourth-order valence-corrected chi connectivity index (χ4v) is 5.41. The summed E-state index contributed by atoms with van der Waals surface area (Å²) in [5.74, 6) is 1.23. The van der Waals surface area contributed by atoms with E-state index in [2.05, 4.69) is 0 Å². The molecule has 0 radical (unpaired) electrons. The van der Waals surface area contributed by atoms with Crippen LogP contribution in [0, 0.1) is 20.8 Å². The number of amides is 1. The lowest BCUT2D eigenvalue weighted by Crippen LogP contribution is -2.11. The molecule has 1 aromatic heterocycles. The van der Waals surface area contributed by atoms with Crippen LogP contribution in [0.25, 0.3) is 33.9 Å². The van der Waals surface area contributed by atoms with Crippen LogP contribution < -0.4 is 15.2 Å². The number of hydrogen-bond donors (Lipinski definition) is 1. The van der Waals surface area contributed by atoms with Crippen molar-refractivity contribution in [2.24, 2.45) is 5.73 Å². The molecule has 2 N–H and O–H groups in total. The zero-order valence-electron chi connectivity index (χ0n) is 25.0. The number of nitrogens with two attached hydrogens (primary N) is 1. The van der Waals surface area contributed by atoms with Gasteiger partial charge >= 0.3 is 6.18 Å². The summed E-state index contributed by atoms with van der Waals surface area (Å²) in [6.45, 7) is 5.75. The predicted molar refractivity (Wildman–Crippen MR) is 165 cm³/mol. The second-order valence-corrected chi connectivity index (χ2v) is 10.7. The average Bonchev–Trinajstić information content (AvgIpc) is 3.35. The SMILES string of the molecule is COc1ccc(-c2nc(-c3cc(C)cc(C(F)(F)F)c3)n(Cc3ccc(C(N)=O)cc3)c2-c2ccc(OC)c(C)c2)cc1C. The number of aromatic nitrogens is 2. The molecule has 1 amide bonds. The zero-order chi connectivity index (χ0) is 31.8. The highest BCUT2D eigenvalue weighted by Crippen LogP contribution is 2.41. The van der Waals surface area contributed by atoms with Crippen LogP contribution in [0.3, 0.4) is 0 Å². The number of carbonyl (C=O) groups is 1. The maximum atomic E-state index is 14.0. The Bertz CT molecular complexity index is 1860. The molecule has 0 spiro atoms. The molecule has 0 bridgehead atoms. The summed E-state index contributed by atoms with van der Waals surface area (Å²) in [6.07, 6.45) is -4.53. The normalized spacial score (nSPS) is 11.5. The number of hydrogen-bond acceptors (Lipinski definition) is 4. The number of aryl methyl sites for hydroxylation is 3. The number of carbonyl (C=O) groups excluding carboxylic acids is 1. The van der Waals surface area contributed by atoms with Crippen molar-refractivity contribution in [1.29, 1.82) is 0 Å². The van der Waals surface area contributed by atoms with Gasteiger partial charge in [0.2, 0.25) is 5.91 Å². The summed E-state index contributed by atoms with van der Waals surface area (Å²) in [5, 5.41) is 0. The van der Waals surface area contributed by atoms with Gasteiger partial charge < -0.3 is 19.8 Å². The molecule has 9 heteroatoms. The van der Waals surface area contributed by atoms with Crippen molar-refractivity contribution in [3.05, 3.63) is 112 Å². The number of primary amides is 1. The van der Waals surface area contributed by atoms with E-state index in [1.807, 2.05) is 54.8 Å². The molecule has 1 heterocycles. The molecule has 0 fully saturated rings. The van der Waals surface area contributed by atoms with Gasteiger partial charge in [-0.05, 0) is 110 Å². The smallest absolute Gasteiger partial charge is 0.416 e. The van der Waals surface area contributed by atoms with Crippen LogP contribution in [0.4, 0.5) is 13.2 Å². The van der Waals surface area contributed by atoms with Gasteiger partial charge in [0.15, 0.2) is 0 Å². The van der Waals surface area contributed by atoms with Crippen molar-refractivity contribution >= 4 is 5.91 Å². The van der Waals surface area contributed by atoms with E-state index in [-0.39, 0.29) is 6.54 Å². The molecule has 0 aliphatic rings. The van der Waals surface area contributed by atoms with Crippen LogP contribution in [-0.4, -0.2) is 29.7 Å². The molecule has 5 rings (SSSR count). The first-order chi connectivity index (χ1) is 20.9. The number of halogens is 3. The van der Waals surface area contributed by atoms with Crippen molar-refractivity contribution in [1.82, 2.24) is 9.55 Å². The van der Waals surface area contributed by atoms with Crippen molar-refractivity contribution in [3.8, 4) is 45.4 Å². The van der Waals surface area contributed by atoms with Crippen molar-refractivity contribution < 1.29 is 27.4 Å². The monoisotopic (exact) mass is 599 g/mol. The van der Waals surface area contributed by atoms with Gasteiger partial charge in [0.1, 0.15) is 17.3 Å². The first kappa shape index (κ1) is 30.4. The van der Waals surface area contributed by atoms with Crippen LogP contribution in [0.15, 0.2) is 78.9 Å². The third-order valence-electron chi connectivity index (χ3n) is 7.55. The number of nitrogens with zero attached hydrogens (tertiary/aromatic N) is 2. The second-order valence-electron chi connectivity index (χ2n) is 10.7. The molecule has 6 nitrogen and oxygen atoms in total. The van der Waals surface area contributed by atoms with Gasteiger partial charge in [0.25, 0.3) is 0 Å². The first-order valence-electron chi connectivity index (χ1n) is 13.9. The van der Waals surface area contributed by atoms with Gasteiger partial charge in [0.05, 0.1) is 31.2 Å². The summed E-state index contributed by atoms with van der Waals surface area (Å²) >= 11 is 0. The quantitative estimate of drug-likeness (QED) is 0.196. The number of benzene rings is 4. The Balaban J connectivity index is 1.84. The van der Waals surface area contributed by atoms with E-state index in [0.29, 0.717) is 45.4 Å². The van der Waals surface area contributed by atoms with Gasteiger partial charge in [-0.3, -0.25) is 4.79 Å². The Hall–Kier alpha value is -5.05. The van der Waals surface area contributed by atoms with E-state index in [4.69, 9.17) is 20.2 Å². The molecule has 5 aromatic rings. The van der Waals surface area contributed by atoms with Crippen LogP contribution in [0.5, 0.6) is 11.5 Å². The van der Waals surface area contributed by atoms with Gasteiger partial charge in [-0.25, -0.2) is 4.98 Å². The molecular weight excluding hydrogens is 567 g/mol. The van der Waals surface area contributed by atoms with Crippen molar-refractivity contribution in [2.45, 2.75) is 33.5 Å². The first-order valence-corrected chi connectivity index (χ1v) is 13.9. The number of rotatable bonds is 8. The number of imidazole rings is 1. The summed E-state index contributed by atoms with van der Waals surface area (Å²) in [4.78, 5) is 16.8. The number of alkyl halides is 3. The summed E-state index contributed by atoms with van der Waals surface area (Å²) < 4.78 is 54.8. The van der Waals surface area contributed by atoms with Crippen molar-refractivity contribution in [3.63, 3.8) is 0 Å². The number of methoxy groups -OCH3 is 2. The predicted octanol–water partition coefficient (Wildman–Crippen LogP) is 7.99. The average molecular weight is 600 g/mol. The van der Waals surface area contributed by atoms with Crippen LogP contribution in [-0.2, 0) is 12.7 Å². The van der Waals surface area contributed by atoms with E-state index in [1.165, 1.54) is 0 Å². The highest BCUT2D eigenvalue weighted by molar-refractivity contribution is 5.92. The van der Waals surface area contributed by atoms with Crippen LogP contribution in [0.2, 0.25) is 0 Å². The largest absolute Gasteiger partial charge is 0.496 e. The molecular formula is C35H32F3N3O3. The second kappa shape index (κ2) is 11.9. The molecule has 226 valence electrons. The third-order valence-corrected chi connectivity index (χ3v) is 7.55. The Morgan fingerprint density at radius 1 is 0.795 bits per heavy atom. The number of ether oxygens (including phenoxy) is 2. The maximum Gasteiger partial charge on any atom is 0.416 e. The minimum absolute atomic E-state index is 0.256. The lowest BCUT2D eigenvalue weighted by Gasteiger charge is -2.16. The summed E-state index contributed by atoms with van der Waals surface area (Å²) in [6, 6.07) is 22.2. The van der Waals surface area contributed by atoms with Crippen LogP contribution >= 0.6 is 0 Å². The van der Waals surface area contributed by atoms with E-state index in [9.17, 15) is 18.0 Å². The van der Waals surface area contributed by atoms with Gasteiger partial charge in [-0.1, -0.05) is 12.1 Å². The third kappa shape index (κ3) is 6.04. The molecule has 0 saturated heterocycles. The van der Waals surface area contributed by atoms with Gasteiger partial charge in [-0.15, -0.1) is 0 Å². The summed E-state index contributed by atoms with van der Waals surface area (Å²) in [7, 11) is 3.20. The highest BCUT2D eigenvalue weighted by Gasteiger charge is 2.32. The van der Waals surface area contributed by atoms with E-state index in [0.717, 1.165) is 39.9 Å². The van der Waals surface area contributed by atoms with Gasteiger partial charge in [-0.2, -0.15) is 13.2 Å². The molecule has 0 unspecified atom stereocenters. The fourth-order valence-electron chi connectivity index (χ4n) is 5.41. The van der Waals surface area contributed by atoms with Gasteiger partial charge in [0, 0.05) is 28.8 Å². The minimum atomic E-state index is -4.53. The Labute approximate surface area is 253 Å². The van der Waals surface area contributed by atoms with Crippen molar-refractivity contribution in [2.75, 3.05) is 14.2 Å². The minimum Gasteiger partial charge on any atom is -0.496 e. The Kier molecular flexibility index (Phi) is 8.23. The Morgan fingerprint density at radius 3 is 1.93 bits per heavy atom. The maximum absolute atomic E-state index is 14.0. The van der Waals surface area contributed by atoms with E-state index < -0.39 is 17.6 Å². The molecule has 0 aliphatic carbocycles. The Morgan fingerprint density at radius 2 is 1.39 bits per heavy atom. The molecule has 44 heavy (non-hydrogen) atoms. The van der Waals surface area contributed by atoms with E-state index >= 15 is 0 Å². The summed E-state index contributed by atoms with van der Waals surface area (Å²) in [5.41, 5.74) is 11.3. The molecule has 4 aromatic carbocycles. The van der Waals surface area contributed by atoms with E-state index in [1.54, 1.807) is 51.5 Å². The highest BCUT2D eigenvalue weighted by atomic mass is 19.4. The lowest BCUT2D eigenvalue weighted by molar-refractivity contribution is -0.137. The van der Waals surface area contributed by atoms with Crippen LogP contribution in [0.1, 0.15) is 38.2 Å². The molecule has 0 atom stereocenters. The standard InChI is InChI=1S/C35H32F3N3O3/c1-20-14-27(18-28(15-20)35(36,37)38)34-40-31(25-10-12-29(43-4)21(2)16-25)32(26-11-13-30(44-5)22(3)17-26)41(34)19-23-6-8-24(9-7-23)33(39)42/h6-18H,19H2,1-5H3,(H2,39,42). The molecule has 0 aliphatic heterocycles. The lowest BCUT2D eigenvalue weighted by atomic mass is 10.0. The molecule has 0 saturated carbocycles. The topological polar surface area (TPSA) is 79.4 Å². The zero-order valence-corrected chi connectivity index (χ0v) is 25.0.